The minimum atomic E-state index is 0.471. The van der Waals surface area contributed by atoms with Crippen molar-refractivity contribution in [1.29, 1.82) is 0 Å². The molecule has 20 heavy (non-hydrogen) atoms. The molecule has 0 saturated heterocycles. The van der Waals surface area contributed by atoms with Crippen LogP contribution in [0.4, 0.5) is 0 Å². The molecule has 1 N–H and O–H groups in total. The maximum absolute atomic E-state index is 5.34. The Labute approximate surface area is 121 Å². The number of ether oxygens (including phenoxy) is 1. The van der Waals surface area contributed by atoms with E-state index in [4.69, 9.17) is 9.15 Å². The summed E-state index contributed by atoms with van der Waals surface area (Å²) in [6.07, 6.45) is 3.79. The lowest BCUT2D eigenvalue weighted by atomic mass is 10.1. The Morgan fingerprint density at radius 1 is 1.15 bits per heavy atom. The number of benzene rings is 1. The summed E-state index contributed by atoms with van der Waals surface area (Å²) < 4.78 is 10.5. The Bertz CT molecular complexity index is 476. The van der Waals surface area contributed by atoms with Gasteiger partial charge in [-0.05, 0) is 36.6 Å². The van der Waals surface area contributed by atoms with E-state index in [-0.39, 0.29) is 0 Å². The van der Waals surface area contributed by atoms with Crippen molar-refractivity contribution in [3.05, 3.63) is 59.5 Å². The van der Waals surface area contributed by atoms with Gasteiger partial charge in [0, 0.05) is 26.1 Å². The van der Waals surface area contributed by atoms with Crippen LogP contribution in [-0.2, 0) is 24.3 Å². The molecule has 0 bridgehead atoms. The highest BCUT2D eigenvalue weighted by atomic mass is 16.5. The summed E-state index contributed by atoms with van der Waals surface area (Å²) >= 11 is 0. The molecule has 0 saturated carbocycles. The average molecular weight is 273 g/mol. The molecule has 0 amide bonds. The molecule has 108 valence electrons. The van der Waals surface area contributed by atoms with Crippen LogP contribution < -0.4 is 5.32 Å². The van der Waals surface area contributed by atoms with E-state index in [1.54, 1.807) is 13.4 Å². The Kier molecular flexibility index (Phi) is 5.84. The molecular weight excluding hydrogens is 250 g/mol. The zero-order valence-electron chi connectivity index (χ0n) is 12.3. The quantitative estimate of drug-likeness (QED) is 0.799. The third-order valence-electron chi connectivity index (χ3n) is 3.39. The normalized spacial score (nSPS) is 12.5. The van der Waals surface area contributed by atoms with E-state index in [1.165, 1.54) is 11.1 Å². The minimum Gasteiger partial charge on any atom is -0.469 e. The summed E-state index contributed by atoms with van der Waals surface area (Å²) in [4.78, 5) is 0. The molecule has 1 aromatic heterocycles. The summed E-state index contributed by atoms with van der Waals surface area (Å²) in [5, 5.41) is 3.54. The zero-order chi connectivity index (χ0) is 14.2. The minimum absolute atomic E-state index is 0.471. The molecule has 2 aromatic rings. The van der Waals surface area contributed by atoms with E-state index >= 15 is 0 Å². The molecule has 3 heteroatoms. The molecule has 0 aliphatic rings. The highest BCUT2D eigenvalue weighted by Crippen LogP contribution is 2.08. The number of furan rings is 1. The summed E-state index contributed by atoms with van der Waals surface area (Å²) in [5.74, 6) is 1.06. The lowest BCUT2D eigenvalue weighted by Crippen LogP contribution is -2.25. The van der Waals surface area contributed by atoms with E-state index in [0.29, 0.717) is 12.6 Å². The van der Waals surface area contributed by atoms with Crippen molar-refractivity contribution in [3.8, 4) is 0 Å². The van der Waals surface area contributed by atoms with E-state index in [2.05, 4.69) is 36.5 Å². The van der Waals surface area contributed by atoms with E-state index in [1.807, 2.05) is 12.1 Å². The number of rotatable bonds is 8. The summed E-state index contributed by atoms with van der Waals surface area (Å²) in [6, 6.07) is 13.0. The van der Waals surface area contributed by atoms with Crippen LogP contribution >= 0.6 is 0 Å². The largest absolute Gasteiger partial charge is 0.469 e. The number of methoxy groups -OCH3 is 1. The predicted molar refractivity (Wildman–Crippen MR) is 80.5 cm³/mol. The fraction of sp³-hybridized carbons (Fsp3) is 0.412. The number of aryl methyl sites for hydroxylation is 1. The maximum Gasteiger partial charge on any atom is 0.103 e. The van der Waals surface area contributed by atoms with Crippen LogP contribution in [0.1, 0.15) is 30.2 Å². The Balaban J connectivity index is 1.71. The first-order valence-electron chi connectivity index (χ1n) is 7.10. The van der Waals surface area contributed by atoms with Crippen LogP contribution in [0, 0.1) is 0 Å². The van der Waals surface area contributed by atoms with Gasteiger partial charge in [-0.2, -0.15) is 0 Å². The van der Waals surface area contributed by atoms with Crippen molar-refractivity contribution in [2.24, 2.45) is 0 Å². The van der Waals surface area contributed by atoms with Crippen LogP contribution in [0.15, 0.2) is 47.1 Å². The fourth-order valence-electron chi connectivity index (χ4n) is 2.13. The van der Waals surface area contributed by atoms with Crippen LogP contribution in [0.5, 0.6) is 0 Å². The van der Waals surface area contributed by atoms with E-state index in [0.717, 1.165) is 25.1 Å². The highest BCUT2D eigenvalue weighted by molar-refractivity contribution is 5.21. The van der Waals surface area contributed by atoms with Gasteiger partial charge in [-0.15, -0.1) is 0 Å². The molecule has 0 spiro atoms. The molecule has 0 aliphatic heterocycles. The van der Waals surface area contributed by atoms with Gasteiger partial charge in [0.1, 0.15) is 5.76 Å². The topological polar surface area (TPSA) is 34.4 Å². The summed E-state index contributed by atoms with van der Waals surface area (Å²) in [7, 11) is 1.72. The Morgan fingerprint density at radius 3 is 2.55 bits per heavy atom. The number of hydrogen-bond acceptors (Lipinski definition) is 3. The molecule has 1 heterocycles. The third kappa shape index (κ3) is 4.83. The second-order valence-corrected chi connectivity index (χ2v) is 5.15. The van der Waals surface area contributed by atoms with Gasteiger partial charge in [-0.1, -0.05) is 24.3 Å². The van der Waals surface area contributed by atoms with Gasteiger partial charge in [0.05, 0.1) is 12.9 Å². The van der Waals surface area contributed by atoms with Gasteiger partial charge in [-0.3, -0.25) is 0 Å². The van der Waals surface area contributed by atoms with E-state index in [9.17, 15) is 0 Å². The fourth-order valence-corrected chi connectivity index (χ4v) is 2.13. The van der Waals surface area contributed by atoms with Crippen LogP contribution in [-0.4, -0.2) is 13.2 Å². The molecule has 0 radical (unpaired) electrons. The second kappa shape index (κ2) is 7.88. The molecular formula is C17H23NO2. The van der Waals surface area contributed by atoms with Crippen LogP contribution in [0.25, 0.3) is 0 Å². The summed E-state index contributed by atoms with van der Waals surface area (Å²) in [5.41, 5.74) is 2.51. The average Bonchev–Trinajstić information content (AvgIpc) is 2.98. The first kappa shape index (κ1) is 14.8. The standard InChI is InChI=1S/C17H23NO2/c1-14(5-10-17-4-3-11-20-17)18-12-15-6-8-16(9-7-15)13-19-2/h3-4,6-9,11,14,18H,5,10,12-13H2,1-2H3. The third-order valence-corrected chi connectivity index (χ3v) is 3.39. The Morgan fingerprint density at radius 2 is 1.90 bits per heavy atom. The second-order valence-electron chi connectivity index (χ2n) is 5.15. The molecule has 2 rings (SSSR count). The van der Waals surface area contributed by atoms with Crippen molar-refractivity contribution < 1.29 is 9.15 Å². The van der Waals surface area contributed by atoms with Gasteiger partial charge < -0.3 is 14.5 Å². The monoisotopic (exact) mass is 273 g/mol. The van der Waals surface area contributed by atoms with Crippen molar-refractivity contribution in [3.63, 3.8) is 0 Å². The first-order chi connectivity index (χ1) is 9.78. The molecule has 1 atom stereocenters. The van der Waals surface area contributed by atoms with Crippen molar-refractivity contribution in [1.82, 2.24) is 5.32 Å². The van der Waals surface area contributed by atoms with Gasteiger partial charge in [0.2, 0.25) is 0 Å². The smallest absolute Gasteiger partial charge is 0.103 e. The maximum atomic E-state index is 5.34. The van der Waals surface area contributed by atoms with Gasteiger partial charge in [0.15, 0.2) is 0 Å². The lowest BCUT2D eigenvalue weighted by molar-refractivity contribution is 0.185. The number of nitrogens with one attached hydrogen (secondary N) is 1. The molecule has 1 unspecified atom stereocenters. The zero-order valence-corrected chi connectivity index (χ0v) is 12.3. The first-order valence-corrected chi connectivity index (χ1v) is 7.10. The Hall–Kier alpha value is -1.58. The van der Waals surface area contributed by atoms with Gasteiger partial charge in [-0.25, -0.2) is 0 Å². The molecule has 0 aliphatic carbocycles. The van der Waals surface area contributed by atoms with Crippen molar-refractivity contribution >= 4 is 0 Å². The van der Waals surface area contributed by atoms with Gasteiger partial charge >= 0.3 is 0 Å². The van der Waals surface area contributed by atoms with E-state index < -0.39 is 0 Å². The number of hydrogen-bond donors (Lipinski definition) is 1. The lowest BCUT2D eigenvalue weighted by Gasteiger charge is -2.13. The predicted octanol–water partition coefficient (Wildman–Crippen LogP) is 3.54. The highest BCUT2D eigenvalue weighted by Gasteiger charge is 2.04. The molecule has 0 fully saturated rings. The van der Waals surface area contributed by atoms with Crippen molar-refractivity contribution in [2.75, 3.05) is 7.11 Å². The van der Waals surface area contributed by atoms with Crippen LogP contribution in [0.2, 0.25) is 0 Å². The van der Waals surface area contributed by atoms with Gasteiger partial charge in [0.25, 0.3) is 0 Å². The van der Waals surface area contributed by atoms with Crippen LogP contribution in [0.3, 0.4) is 0 Å². The molecule has 1 aromatic carbocycles. The van der Waals surface area contributed by atoms with Crippen molar-refractivity contribution in [2.45, 2.75) is 39.0 Å². The summed E-state index contributed by atoms with van der Waals surface area (Å²) in [6.45, 7) is 3.78. The SMILES string of the molecule is COCc1ccc(CNC(C)CCc2ccco2)cc1. The molecule has 3 nitrogen and oxygen atoms in total.